The highest BCUT2D eigenvalue weighted by atomic mass is 35.5. The van der Waals surface area contributed by atoms with Crippen LogP contribution in [0.2, 0.25) is 5.02 Å². The number of hydrogen-bond acceptors (Lipinski definition) is 5. The zero-order valence-corrected chi connectivity index (χ0v) is 17.9. The van der Waals surface area contributed by atoms with Gasteiger partial charge in [0.2, 0.25) is 0 Å². The minimum absolute atomic E-state index is 0.142. The Bertz CT molecular complexity index is 1110. The largest absolute Gasteiger partial charge is 0.459 e. The van der Waals surface area contributed by atoms with Crippen LogP contribution in [0.3, 0.4) is 0 Å². The number of esters is 1. The zero-order chi connectivity index (χ0) is 22.5. The van der Waals surface area contributed by atoms with Crippen LogP contribution >= 0.6 is 11.6 Å². The highest BCUT2D eigenvalue weighted by molar-refractivity contribution is 6.30. The monoisotopic (exact) mass is 452 g/mol. The van der Waals surface area contributed by atoms with Crippen LogP contribution in [0.25, 0.3) is 0 Å². The Kier molecular flexibility index (Phi) is 6.56. The molecule has 7 nitrogen and oxygen atoms in total. The summed E-state index contributed by atoms with van der Waals surface area (Å²) in [5, 5.41) is 3.30. The number of halogens is 1. The lowest BCUT2D eigenvalue weighted by Gasteiger charge is -2.34. The molecule has 0 radical (unpaired) electrons. The number of carbonyl (C=O) groups is 3. The van der Waals surface area contributed by atoms with Gasteiger partial charge in [0.15, 0.2) is 12.4 Å². The number of ether oxygens (including phenoxy) is 1. The van der Waals surface area contributed by atoms with Gasteiger partial charge in [-0.25, -0.2) is 4.79 Å². The summed E-state index contributed by atoms with van der Waals surface area (Å²) < 4.78 is 10.5. The molecule has 164 valence electrons. The molecule has 0 aliphatic carbocycles. The van der Waals surface area contributed by atoms with E-state index in [1.807, 2.05) is 24.3 Å². The predicted octanol–water partition coefficient (Wildman–Crippen LogP) is 3.36. The van der Waals surface area contributed by atoms with Crippen LogP contribution in [-0.4, -0.2) is 35.3 Å². The molecule has 1 aromatic heterocycles. The molecule has 0 bridgehead atoms. The van der Waals surface area contributed by atoms with Gasteiger partial charge in [-0.3, -0.25) is 9.59 Å². The van der Waals surface area contributed by atoms with Crippen molar-refractivity contribution >= 4 is 29.4 Å². The maximum atomic E-state index is 12.9. The number of carbonyl (C=O) groups excluding carboxylic acids is 3. The van der Waals surface area contributed by atoms with Gasteiger partial charge in [0.25, 0.3) is 11.8 Å². The first kappa shape index (κ1) is 21.6. The number of rotatable bonds is 6. The Morgan fingerprint density at radius 3 is 2.50 bits per heavy atom. The van der Waals surface area contributed by atoms with Crippen molar-refractivity contribution in [2.24, 2.45) is 0 Å². The van der Waals surface area contributed by atoms with Crippen molar-refractivity contribution in [2.75, 3.05) is 6.61 Å². The van der Waals surface area contributed by atoms with E-state index >= 15 is 0 Å². The molecule has 0 spiro atoms. The fraction of sp³-hybridized carbons (Fsp3) is 0.208. The van der Waals surface area contributed by atoms with E-state index < -0.39 is 30.4 Å². The van der Waals surface area contributed by atoms with E-state index in [0.717, 1.165) is 16.7 Å². The average Bonchev–Trinajstić information content (AvgIpc) is 3.36. The summed E-state index contributed by atoms with van der Waals surface area (Å²) in [5.41, 5.74) is 2.79. The van der Waals surface area contributed by atoms with Crippen molar-refractivity contribution in [1.29, 1.82) is 0 Å². The maximum absolute atomic E-state index is 12.9. The minimum atomic E-state index is -0.855. The molecule has 1 unspecified atom stereocenters. The van der Waals surface area contributed by atoms with Gasteiger partial charge < -0.3 is 19.4 Å². The molecule has 32 heavy (non-hydrogen) atoms. The third-order valence-corrected chi connectivity index (χ3v) is 5.51. The molecule has 2 heterocycles. The molecule has 0 saturated carbocycles. The summed E-state index contributed by atoms with van der Waals surface area (Å²) in [4.78, 5) is 39.4. The lowest BCUT2D eigenvalue weighted by Crippen LogP contribution is -2.49. The molecule has 1 aliphatic rings. The maximum Gasteiger partial charge on any atom is 0.329 e. The topological polar surface area (TPSA) is 88.9 Å². The van der Waals surface area contributed by atoms with E-state index in [4.69, 9.17) is 20.8 Å². The molecule has 1 atom stereocenters. The number of fused-ring (bicyclic) bond motifs is 1. The standard InChI is InChI=1S/C24H21ClN2O5/c25-19-9-7-16(8-10-19)13-26-22(28)15-32-24(30)20-12-17-4-1-2-5-18(17)14-27(20)23(29)21-6-3-11-31-21/h1-11,20H,12-15H2,(H,26,28). The Morgan fingerprint density at radius 1 is 1.03 bits per heavy atom. The summed E-state index contributed by atoms with van der Waals surface area (Å²) in [6.45, 7) is 0.0963. The lowest BCUT2D eigenvalue weighted by atomic mass is 9.93. The number of nitrogens with zero attached hydrogens (tertiary/aromatic N) is 1. The van der Waals surface area contributed by atoms with Crippen LogP contribution in [-0.2, 0) is 33.8 Å². The van der Waals surface area contributed by atoms with E-state index in [1.54, 1.807) is 36.4 Å². The first-order chi connectivity index (χ1) is 15.5. The van der Waals surface area contributed by atoms with Crippen LogP contribution < -0.4 is 5.32 Å². The number of benzene rings is 2. The Balaban J connectivity index is 1.40. The Labute approximate surface area is 189 Å². The second-order valence-electron chi connectivity index (χ2n) is 7.41. The fourth-order valence-electron chi connectivity index (χ4n) is 3.58. The van der Waals surface area contributed by atoms with Crippen LogP contribution in [0.15, 0.2) is 71.3 Å². The highest BCUT2D eigenvalue weighted by Gasteiger charge is 2.37. The van der Waals surface area contributed by atoms with Gasteiger partial charge in [0.05, 0.1) is 6.26 Å². The summed E-state index contributed by atoms with van der Waals surface area (Å²) in [5.74, 6) is -1.34. The molecule has 0 fully saturated rings. The van der Waals surface area contributed by atoms with Crippen LogP contribution in [0.4, 0.5) is 0 Å². The summed E-state index contributed by atoms with van der Waals surface area (Å²) in [7, 11) is 0. The third kappa shape index (κ3) is 5.00. The third-order valence-electron chi connectivity index (χ3n) is 5.26. The molecule has 4 rings (SSSR count). The van der Waals surface area contributed by atoms with Crippen molar-refractivity contribution in [3.8, 4) is 0 Å². The summed E-state index contributed by atoms with van der Waals surface area (Å²) in [6, 6.07) is 17.0. The second-order valence-corrected chi connectivity index (χ2v) is 7.85. The molecule has 1 N–H and O–H groups in total. The van der Waals surface area contributed by atoms with Gasteiger partial charge in [-0.15, -0.1) is 0 Å². The molecule has 2 amide bonds. The molecular formula is C24H21ClN2O5. The van der Waals surface area contributed by atoms with Gasteiger partial charge in [0.1, 0.15) is 6.04 Å². The van der Waals surface area contributed by atoms with Gasteiger partial charge >= 0.3 is 5.97 Å². The molecular weight excluding hydrogens is 432 g/mol. The van der Waals surface area contributed by atoms with E-state index in [9.17, 15) is 14.4 Å². The van der Waals surface area contributed by atoms with Gasteiger partial charge in [-0.1, -0.05) is 48.0 Å². The van der Waals surface area contributed by atoms with Crippen molar-refractivity contribution in [3.63, 3.8) is 0 Å². The Hall–Kier alpha value is -3.58. The van der Waals surface area contributed by atoms with Crippen molar-refractivity contribution < 1.29 is 23.5 Å². The first-order valence-electron chi connectivity index (χ1n) is 10.1. The van der Waals surface area contributed by atoms with E-state index in [-0.39, 0.29) is 18.8 Å². The molecule has 8 heteroatoms. The second kappa shape index (κ2) is 9.70. The number of amides is 2. The molecule has 1 aliphatic heterocycles. The quantitative estimate of drug-likeness (QED) is 0.579. The van der Waals surface area contributed by atoms with E-state index in [1.165, 1.54) is 11.2 Å². The van der Waals surface area contributed by atoms with Crippen LogP contribution in [0.5, 0.6) is 0 Å². The normalized spacial score (nSPS) is 15.0. The van der Waals surface area contributed by atoms with Gasteiger partial charge in [0, 0.05) is 24.5 Å². The lowest BCUT2D eigenvalue weighted by molar-refractivity contribution is -0.153. The SMILES string of the molecule is O=C(COC(=O)C1Cc2ccccc2CN1C(=O)c1ccco1)NCc1ccc(Cl)cc1. The van der Waals surface area contributed by atoms with Gasteiger partial charge in [-0.05, 0) is 41.0 Å². The fourth-order valence-corrected chi connectivity index (χ4v) is 3.70. The summed E-state index contributed by atoms with van der Waals surface area (Å²) >= 11 is 5.85. The van der Waals surface area contributed by atoms with Gasteiger partial charge in [-0.2, -0.15) is 0 Å². The predicted molar refractivity (Wildman–Crippen MR) is 117 cm³/mol. The number of nitrogens with one attached hydrogen (secondary N) is 1. The minimum Gasteiger partial charge on any atom is -0.459 e. The number of furan rings is 1. The molecule has 2 aromatic carbocycles. The molecule has 0 saturated heterocycles. The zero-order valence-electron chi connectivity index (χ0n) is 17.1. The summed E-state index contributed by atoms with van der Waals surface area (Å²) in [6.07, 6.45) is 1.71. The van der Waals surface area contributed by atoms with Crippen molar-refractivity contribution in [3.05, 3.63) is 94.4 Å². The number of hydrogen-bond donors (Lipinski definition) is 1. The van der Waals surface area contributed by atoms with E-state index in [2.05, 4.69) is 5.32 Å². The van der Waals surface area contributed by atoms with E-state index in [0.29, 0.717) is 11.4 Å². The van der Waals surface area contributed by atoms with Crippen LogP contribution in [0, 0.1) is 0 Å². The van der Waals surface area contributed by atoms with Crippen molar-refractivity contribution in [2.45, 2.75) is 25.6 Å². The van der Waals surface area contributed by atoms with Crippen LogP contribution in [0.1, 0.15) is 27.2 Å². The molecule has 3 aromatic rings. The average molecular weight is 453 g/mol. The first-order valence-corrected chi connectivity index (χ1v) is 10.5. The highest BCUT2D eigenvalue weighted by Crippen LogP contribution is 2.26. The smallest absolute Gasteiger partial charge is 0.329 e. The van der Waals surface area contributed by atoms with Crippen molar-refractivity contribution in [1.82, 2.24) is 10.2 Å². The Morgan fingerprint density at radius 2 is 1.78 bits per heavy atom.